The third kappa shape index (κ3) is 3.43. The van der Waals surface area contributed by atoms with Crippen LogP contribution in [0.15, 0.2) is 6.20 Å². The van der Waals surface area contributed by atoms with Crippen LogP contribution in [-0.2, 0) is 6.54 Å². The molecular weight excluding hydrogens is 214 g/mol. The van der Waals surface area contributed by atoms with Gasteiger partial charge in [0.1, 0.15) is 5.82 Å². The Balaban J connectivity index is 1.69. The van der Waals surface area contributed by atoms with Gasteiger partial charge in [0.2, 0.25) is 0 Å². The van der Waals surface area contributed by atoms with Crippen molar-refractivity contribution in [3.8, 4) is 0 Å². The molecule has 1 aromatic heterocycles. The van der Waals surface area contributed by atoms with Crippen molar-refractivity contribution >= 4 is 5.82 Å². The lowest BCUT2D eigenvalue weighted by Gasteiger charge is -2.30. The molecule has 0 aromatic carbocycles. The highest BCUT2D eigenvalue weighted by atomic mass is 15.4. The number of likely N-dealkylation sites (tertiary alicyclic amines) is 1. The van der Waals surface area contributed by atoms with E-state index < -0.39 is 0 Å². The lowest BCUT2D eigenvalue weighted by Crippen LogP contribution is -2.36. The van der Waals surface area contributed by atoms with Crippen molar-refractivity contribution in [2.45, 2.75) is 33.2 Å². The first-order valence-corrected chi connectivity index (χ1v) is 6.64. The summed E-state index contributed by atoms with van der Waals surface area (Å²) in [5.74, 6) is 1.93. The minimum Gasteiger partial charge on any atom is -0.368 e. The first-order chi connectivity index (χ1) is 8.29. The number of hydrogen-bond acceptors (Lipinski definition) is 4. The third-order valence-corrected chi connectivity index (χ3v) is 3.53. The Morgan fingerprint density at radius 1 is 1.41 bits per heavy atom. The van der Waals surface area contributed by atoms with Gasteiger partial charge in [-0.25, -0.2) is 4.68 Å². The summed E-state index contributed by atoms with van der Waals surface area (Å²) in [5, 5.41) is 11.3. The van der Waals surface area contributed by atoms with Gasteiger partial charge in [-0.1, -0.05) is 12.1 Å². The standard InChI is InChI=1S/C12H23N5/c1-3-17-12(10-14-15-17)13-6-9-16-7-4-11(2)5-8-16/h10-11,13H,3-9H2,1-2H3. The zero-order valence-electron chi connectivity index (χ0n) is 10.9. The number of piperidine rings is 1. The van der Waals surface area contributed by atoms with Crippen LogP contribution in [0, 0.1) is 5.92 Å². The minimum absolute atomic E-state index is 0.865. The van der Waals surface area contributed by atoms with E-state index in [0.29, 0.717) is 0 Å². The molecule has 0 unspecified atom stereocenters. The summed E-state index contributed by atoms with van der Waals surface area (Å²) in [5.41, 5.74) is 0. The molecule has 1 N–H and O–H groups in total. The zero-order chi connectivity index (χ0) is 12.1. The third-order valence-electron chi connectivity index (χ3n) is 3.53. The van der Waals surface area contributed by atoms with E-state index in [4.69, 9.17) is 0 Å². The molecule has 5 heteroatoms. The maximum atomic E-state index is 4.00. The number of nitrogens with one attached hydrogen (secondary N) is 1. The summed E-state index contributed by atoms with van der Waals surface area (Å²) in [6.45, 7) is 9.86. The van der Waals surface area contributed by atoms with Gasteiger partial charge < -0.3 is 10.2 Å². The van der Waals surface area contributed by atoms with Crippen molar-refractivity contribution in [2.24, 2.45) is 5.92 Å². The second-order valence-corrected chi connectivity index (χ2v) is 4.89. The number of aromatic nitrogens is 3. The highest BCUT2D eigenvalue weighted by Gasteiger charge is 2.14. The van der Waals surface area contributed by atoms with Crippen LogP contribution in [0.5, 0.6) is 0 Å². The summed E-state index contributed by atoms with van der Waals surface area (Å²) >= 11 is 0. The molecule has 0 amide bonds. The molecular formula is C12H23N5. The van der Waals surface area contributed by atoms with E-state index in [9.17, 15) is 0 Å². The minimum atomic E-state index is 0.865. The molecule has 0 aliphatic carbocycles. The van der Waals surface area contributed by atoms with Crippen LogP contribution in [0.3, 0.4) is 0 Å². The second kappa shape index (κ2) is 6.00. The maximum absolute atomic E-state index is 4.00. The Bertz CT molecular complexity index is 327. The van der Waals surface area contributed by atoms with Gasteiger partial charge in [-0.2, -0.15) is 0 Å². The zero-order valence-corrected chi connectivity index (χ0v) is 10.9. The van der Waals surface area contributed by atoms with Gasteiger partial charge >= 0.3 is 0 Å². The van der Waals surface area contributed by atoms with Gasteiger partial charge in [-0.3, -0.25) is 0 Å². The van der Waals surface area contributed by atoms with Crippen molar-refractivity contribution in [1.29, 1.82) is 0 Å². The van der Waals surface area contributed by atoms with Crippen LogP contribution in [0.1, 0.15) is 26.7 Å². The molecule has 1 fully saturated rings. The van der Waals surface area contributed by atoms with Crippen molar-refractivity contribution in [3.63, 3.8) is 0 Å². The van der Waals surface area contributed by atoms with Gasteiger partial charge in [0.05, 0.1) is 6.20 Å². The number of nitrogens with zero attached hydrogens (tertiary/aromatic N) is 4. The van der Waals surface area contributed by atoms with Crippen LogP contribution >= 0.6 is 0 Å². The topological polar surface area (TPSA) is 46.0 Å². The van der Waals surface area contributed by atoms with Gasteiger partial charge in [-0.05, 0) is 38.8 Å². The normalized spacial score (nSPS) is 18.5. The van der Waals surface area contributed by atoms with Crippen LogP contribution in [0.2, 0.25) is 0 Å². The first kappa shape index (κ1) is 12.4. The van der Waals surface area contributed by atoms with Crippen molar-refractivity contribution in [2.75, 3.05) is 31.5 Å². The fourth-order valence-electron chi connectivity index (χ4n) is 2.26. The van der Waals surface area contributed by atoms with Gasteiger partial charge in [0.15, 0.2) is 0 Å². The van der Waals surface area contributed by atoms with Crippen molar-refractivity contribution < 1.29 is 0 Å². The Labute approximate surface area is 103 Å². The molecule has 0 radical (unpaired) electrons. The fourth-order valence-corrected chi connectivity index (χ4v) is 2.26. The predicted octanol–water partition coefficient (Wildman–Crippen LogP) is 1.44. The highest BCUT2D eigenvalue weighted by molar-refractivity contribution is 5.30. The molecule has 0 saturated carbocycles. The number of rotatable bonds is 5. The molecule has 0 bridgehead atoms. The monoisotopic (exact) mass is 237 g/mol. The summed E-state index contributed by atoms with van der Waals surface area (Å²) in [7, 11) is 0. The Morgan fingerprint density at radius 2 is 2.18 bits per heavy atom. The van der Waals surface area contributed by atoms with Crippen molar-refractivity contribution in [1.82, 2.24) is 19.9 Å². The highest BCUT2D eigenvalue weighted by Crippen LogP contribution is 2.15. The number of anilines is 1. The summed E-state index contributed by atoms with van der Waals surface area (Å²) in [6.07, 6.45) is 4.48. The molecule has 1 aromatic rings. The molecule has 0 atom stereocenters. The molecule has 96 valence electrons. The maximum Gasteiger partial charge on any atom is 0.144 e. The fraction of sp³-hybridized carbons (Fsp3) is 0.833. The Kier molecular flexibility index (Phi) is 4.36. The van der Waals surface area contributed by atoms with Crippen LogP contribution in [0.4, 0.5) is 5.82 Å². The molecule has 1 saturated heterocycles. The van der Waals surface area contributed by atoms with Crippen LogP contribution in [0.25, 0.3) is 0 Å². The molecule has 2 heterocycles. The lowest BCUT2D eigenvalue weighted by atomic mass is 9.99. The van der Waals surface area contributed by atoms with Gasteiger partial charge in [0, 0.05) is 19.6 Å². The molecule has 1 aliphatic heterocycles. The van der Waals surface area contributed by atoms with Crippen LogP contribution in [-0.4, -0.2) is 46.1 Å². The van der Waals surface area contributed by atoms with E-state index in [1.807, 2.05) is 4.68 Å². The van der Waals surface area contributed by atoms with E-state index in [-0.39, 0.29) is 0 Å². The smallest absolute Gasteiger partial charge is 0.144 e. The Hall–Kier alpha value is -1.10. The van der Waals surface area contributed by atoms with E-state index in [1.165, 1.54) is 25.9 Å². The van der Waals surface area contributed by atoms with E-state index >= 15 is 0 Å². The largest absolute Gasteiger partial charge is 0.368 e. The van der Waals surface area contributed by atoms with E-state index in [0.717, 1.165) is 31.4 Å². The van der Waals surface area contributed by atoms with Gasteiger partial charge in [0.25, 0.3) is 0 Å². The average molecular weight is 237 g/mol. The lowest BCUT2D eigenvalue weighted by molar-refractivity contribution is 0.199. The summed E-state index contributed by atoms with van der Waals surface area (Å²) in [6, 6.07) is 0. The molecule has 0 spiro atoms. The predicted molar refractivity (Wildman–Crippen MR) is 69.0 cm³/mol. The van der Waals surface area contributed by atoms with Gasteiger partial charge in [-0.15, -0.1) is 5.10 Å². The molecule has 17 heavy (non-hydrogen) atoms. The first-order valence-electron chi connectivity index (χ1n) is 6.64. The average Bonchev–Trinajstić information content (AvgIpc) is 2.79. The Morgan fingerprint density at radius 3 is 2.88 bits per heavy atom. The quantitative estimate of drug-likeness (QED) is 0.842. The molecule has 2 rings (SSSR count). The number of aryl methyl sites for hydroxylation is 1. The molecule has 5 nitrogen and oxygen atoms in total. The van der Waals surface area contributed by atoms with Crippen molar-refractivity contribution in [3.05, 3.63) is 6.20 Å². The van der Waals surface area contributed by atoms with Crippen LogP contribution < -0.4 is 5.32 Å². The van der Waals surface area contributed by atoms with E-state index in [1.54, 1.807) is 6.20 Å². The van der Waals surface area contributed by atoms with E-state index in [2.05, 4.69) is 34.4 Å². The second-order valence-electron chi connectivity index (χ2n) is 4.89. The molecule has 1 aliphatic rings. The summed E-state index contributed by atoms with van der Waals surface area (Å²) in [4.78, 5) is 2.53. The SMILES string of the molecule is CCn1nncc1NCCN1CCC(C)CC1. The summed E-state index contributed by atoms with van der Waals surface area (Å²) < 4.78 is 1.89. The number of hydrogen-bond donors (Lipinski definition) is 1.